The molecule has 2 fully saturated rings. The molecule has 6 heteroatoms. The number of rotatable bonds is 5. The molecular weight excluding hydrogens is 416 g/mol. The lowest BCUT2D eigenvalue weighted by atomic mass is 9.89. The van der Waals surface area contributed by atoms with Crippen molar-refractivity contribution in [2.24, 2.45) is 5.73 Å². The van der Waals surface area contributed by atoms with Crippen molar-refractivity contribution in [1.29, 1.82) is 0 Å². The van der Waals surface area contributed by atoms with E-state index in [0.717, 1.165) is 62.3 Å². The lowest BCUT2D eigenvalue weighted by molar-refractivity contribution is -0.183. The number of benzene rings is 2. The molecule has 6 nitrogen and oxygen atoms in total. The van der Waals surface area contributed by atoms with E-state index in [1.54, 1.807) is 0 Å². The molecule has 1 aliphatic carbocycles. The third-order valence-corrected chi connectivity index (χ3v) is 7.18. The van der Waals surface area contributed by atoms with E-state index in [4.69, 9.17) is 19.9 Å². The third-order valence-electron chi connectivity index (χ3n) is 7.18. The van der Waals surface area contributed by atoms with E-state index in [1.165, 1.54) is 5.56 Å². The number of nitrogens with two attached hydrogens (primary N) is 1. The van der Waals surface area contributed by atoms with Crippen molar-refractivity contribution in [1.82, 2.24) is 4.90 Å². The average molecular weight is 449 g/mol. The van der Waals surface area contributed by atoms with Crippen LogP contribution < -0.4 is 10.5 Å². The van der Waals surface area contributed by atoms with Crippen molar-refractivity contribution in [3.05, 3.63) is 70.8 Å². The fraction of sp³-hybridized carbons (Fsp3) is 0.444. The summed E-state index contributed by atoms with van der Waals surface area (Å²) in [6.07, 6.45) is 6.17. The van der Waals surface area contributed by atoms with Crippen LogP contribution >= 0.6 is 0 Å². The largest absolute Gasteiger partial charge is 0.485 e. The quantitative estimate of drug-likeness (QED) is 0.742. The zero-order valence-corrected chi connectivity index (χ0v) is 19.2. The first-order valence-corrected chi connectivity index (χ1v) is 11.8. The molecule has 1 saturated carbocycles. The molecule has 0 aromatic heterocycles. The van der Waals surface area contributed by atoms with Gasteiger partial charge in [0.1, 0.15) is 11.9 Å². The average Bonchev–Trinajstić information content (AvgIpc) is 3.17. The number of carbonyl (C=O) groups excluding carboxylic acids is 1. The maximum Gasteiger partial charge on any atom is 0.244 e. The summed E-state index contributed by atoms with van der Waals surface area (Å²) in [6, 6.07) is 16.8. The van der Waals surface area contributed by atoms with Crippen LogP contribution in [0.2, 0.25) is 0 Å². The van der Waals surface area contributed by atoms with Gasteiger partial charge in [0.25, 0.3) is 0 Å². The summed E-state index contributed by atoms with van der Waals surface area (Å²) in [5, 5.41) is 0. The summed E-state index contributed by atoms with van der Waals surface area (Å²) in [6.45, 7) is 2.33. The Bertz CT molecular complexity index is 1020. The lowest BCUT2D eigenvalue weighted by Crippen LogP contribution is -2.42. The number of hydrogen-bond acceptors (Lipinski definition) is 5. The van der Waals surface area contributed by atoms with Crippen LogP contribution in [0.15, 0.2) is 54.1 Å². The van der Waals surface area contributed by atoms with Gasteiger partial charge in [0.05, 0.1) is 13.2 Å². The lowest BCUT2D eigenvalue weighted by Gasteiger charge is -2.39. The van der Waals surface area contributed by atoms with E-state index in [0.29, 0.717) is 18.0 Å². The maximum absolute atomic E-state index is 12.0. The number of para-hydroxylation sites is 1. The Hall–Kier alpha value is -2.67. The predicted octanol–water partition coefficient (Wildman–Crippen LogP) is 4.20. The highest BCUT2D eigenvalue weighted by Crippen LogP contribution is 2.38. The Balaban J connectivity index is 1.24. The van der Waals surface area contributed by atoms with Gasteiger partial charge >= 0.3 is 0 Å². The molecule has 2 aromatic rings. The Kier molecular flexibility index (Phi) is 6.23. The SMILES string of the molecule is CN(Cc1ccc(C2CC(C(N)=O)=Cc3ccccc3O2)cc1)C1CCC2(CC1)OCCO2. The van der Waals surface area contributed by atoms with Gasteiger partial charge in [-0.25, -0.2) is 0 Å². The molecule has 1 unspecified atom stereocenters. The van der Waals surface area contributed by atoms with Gasteiger partial charge in [-0.1, -0.05) is 42.5 Å². The molecule has 1 saturated heterocycles. The van der Waals surface area contributed by atoms with Crippen LogP contribution in [0.25, 0.3) is 6.08 Å². The van der Waals surface area contributed by atoms with Gasteiger partial charge in [0.2, 0.25) is 5.91 Å². The first kappa shape index (κ1) is 22.1. The second kappa shape index (κ2) is 9.29. The molecule has 1 spiro atoms. The predicted molar refractivity (Wildman–Crippen MR) is 126 cm³/mol. The van der Waals surface area contributed by atoms with Gasteiger partial charge in [0.15, 0.2) is 5.79 Å². The fourth-order valence-electron chi connectivity index (χ4n) is 5.23. The second-order valence-corrected chi connectivity index (χ2v) is 9.38. The van der Waals surface area contributed by atoms with E-state index in [2.05, 4.69) is 36.2 Å². The zero-order valence-electron chi connectivity index (χ0n) is 19.2. The number of hydrogen-bond donors (Lipinski definition) is 1. The number of fused-ring (bicyclic) bond motifs is 1. The minimum atomic E-state index is -0.402. The van der Waals surface area contributed by atoms with Crippen molar-refractivity contribution in [3.8, 4) is 5.75 Å². The molecule has 174 valence electrons. The molecule has 0 bridgehead atoms. The minimum Gasteiger partial charge on any atom is -0.485 e. The molecule has 1 atom stereocenters. The van der Waals surface area contributed by atoms with Gasteiger partial charge in [-0.15, -0.1) is 0 Å². The smallest absolute Gasteiger partial charge is 0.244 e. The monoisotopic (exact) mass is 448 g/mol. The Morgan fingerprint density at radius 1 is 1.06 bits per heavy atom. The second-order valence-electron chi connectivity index (χ2n) is 9.38. The minimum absolute atomic E-state index is 0.250. The van der Waals surface area contributed by atoms with E-state index >= 15 is 0 Å². The van der Waals surface area contributed by atoms with E-state index in [-0.39, 0.29) is 11.9 Å². The van der Waals surface area contributed by atoms with Gasteiger partial charge in [0, 0.05) is 43.0 Å². The molecule has 3 aliphatic rings. The van der Waals surface area contributed by atoms with Crippen LogP contribution in [0.4, 0.5) is 0 Å². The molecule has 5 rings (SSSR count). The van der Waals surface area contributed by atoms with Crippen LogP contribution in [-0.4, -0.2) is 42.9 Å². The van der Waals surface area contributed by atoms with Crippen LogP contribution in [0.3, 0.4) is 0 Å². The highest BCUT2D eigenvalue weighted by Gasteiger charge is 2.41. The van der Waals surface area contributed by atoms with Crippen LogP contribution in [0.5, 0.6) is 5.75 Å². The van der Waals surface area contributed by atoms with E-state index < -0.39 is 5.91 Å². The van der Waals surface area contributed by atoms with Crippen molar-refractivity contribution in [2.75, 3.05) is 20.3 Å². The fourth-order valence-corrected chi connectivity index (χ4v) is 5.23. The van der Waals surface area contributed by atoms with Crippen molar-refractivity contribution in [3.63, 3.8) is 0 Å². The zero-order chi connectivity index (χ0) is 22.8. The standard InChI is InChI=1S/C27H32N2O4/c1-29(23-10-12-27(13-11-23)31-14-15-32-27)18-19-6-8-20(9-7-19)25-17-22(26(28)30)16-21-4-2-3-5-24(21)33-25/h2-9,16,23,25H,10-15,17-18H2,1H3,(H2,28,30). The maximum atomic E-state index is 12.0. The third kappa shape index (κ3) is 4.83. The number of ether oxygens (including phenoxy) is 3. The van der Waals surface area contributed by atoms with Crippen LogP contribution in [0, 0.1) is 0 Å². The first-order chi connectivity index (χ1) is 16.0. The molecule has 33 heavy (non-hydrogen) atoms. The Labute approximate surface area is 195 Å². The van der Waals surface area contributed by atoms with Crippen LogP contribution in [0.1, 0.15) is 54.9 Å². The summed E-state index contributed by atoms with van der Waals surface area (Å²) >= 11 is 0. The number of nitrogens with zero attached hydrogens (tertiary/aromatic N) is 1. The molecule has 2 aromatic carbocycles. The van der Waals surface area contributed by atoms with Gasteiger partial charge in [-0.2, -0.15) is 0 Å². The molecule has 1 amide bonds. The van der Waals surface area contributed by atoms with Crippen LogP contribution in [-0.2, 0) is 20.8 Å². The molecule has 2 heterocycles. The highest BCUT2D eigenvalue weighted by atomic mass is 16.7. The van der Waals surface area contributed by atoms with Crippen molar-refractivity contribution < 1.29 is 19.0 Å². The van der Waals surface area contributed by atoms with Crippen molar-refractivity contribution in [2.45, 2.75) is 56.6 Å². The van der Waals surface area contributed by atoms with Gasteiger partial charge < -0.3 is 19.9 Å². The number of carbonyl (C=O) groups is 1. The Morgan fingerprint density at radius 3 is 2.45 bits per heavy atom. The van der Waals surface area contributed by atoms with E-state index in [1.807, 2.05) is 30.3 Å². The Morgan fingerprint density at radius 2 is 1.76 bits per heavy atom. The molecule has 0 radical (unpaired) electrons. The highest BCUT2D eigenvalue weighted by molar-refractivity contribution is 5.97. The molecule has 2 N–H and O–H groups in total. The normalized spacial score (nSPS) is 22.5. The molecule has 2 aliphatic heterocycles. The summed E-state index contributed by atoms with van der Waals surface area (Å²) in [5.41, 5.74) is 9.41. The topological polar surface area (TPSA) is 74.0 Å². The molecular formula is C27H32N2O4. The van der Waals surface area contributed by atoms with Crippen molar-refractivity contribution >= 4 is 12.0 Å². The number of primary amides is 1. The first-order valence-electron chi connectivity index (χ1n) is 11.8. The van der Waals surface area contributed by atoms with Gasteiger partial charge in [-0.05, 0) is 43.2 Å². The summed E-state index contributed by atoms with van der Waals surface area (Å²) in [7, 11) is 2.20. The summed E-state index contributed by atoms with van der Waals surface area (Å²) in [5.74, 6) is 0.0585. The summed E-state index contributed by atoms with van der Waals surface area (Å²) < 4.78 is 18.0. The summed E-state index contributed by atoms with van der Waals surface area (Å²) in [4.78, 5) is 14.4. The van der Waals surface area contributed by atoms with E-state index in [9.17, 15) is 4.79 Å². The number of amides is 1. The van der Waals surface area contributed by atoms with Gasteiger partial charge in [-0.3, -0.25) is 9.69 Å².